The topological polar surface area (TPSA) is 53.9 Å². The average molecular weight is 450 g/mol. The molecule has 0 spiro atoms. The van der Waals surface area contributed by atoms with E-state index in [9.17, 15) is 4.79 Å². The van der Waals surface area contributed by atoms with Crippen LogP contribution in [0.1, 0.15) is 21.5 Å². The van der Waals surface area contributed by atoms with Crippen LogP contribution in [0.3, 0.4) is 0 Å². The Morgan fingerprint density at radius 2 is 1.77 bits per heavy atom. The molecule has 156 valence electrons. The van der Waals surface area contributed by atoms with Crippen molar-refractivity contribution in [3.8, 4) is 0 Å². The molecule has 1 fully saturated rings. The first-order valence-electron chi connectivity index (χ1n) is 10.1. The maximum atomic E-state index is 12.8. The molecule has 3 aromatic rings. The third kappa shape index (κ3) is 4.38. The smallest absolute Gasteiger partial charge is 0.265 e. The molecule has 31 heavy (non-hydrogen) atoms. The number of morpholine rings is 1. The number of carbonyl (C=O) groups is 1. The van der Waals surface area contributed by atoms with Crippen LogP contribution >= 0.6 is 23.4 Å². The van der Waals surface area contributed by atoms with Crippen molar-refractivity contribution >= 4 is 40.7 Å². The molecule has 2 heterocycles. The highest BCUT2D eigenvalue weighted by Crippen LogP contribution is 2.41. The molecular weight excluding hydrogens is 430 g/mol. The molecule has 0 bridgehead atoms. The fourth-order valence-corrected chi connectivity index (χ4v) is 4.72. The van der Waals surface area contributed by atoms with Crippen molar-refractivity contribution in [3.63, 3.8) is 0 Å². The fourth-order valence-electron chi connectivity index (χ4n) is 3.59. The molecule has 7 heteroatoms. The normalized spacial score (nSPS) is 16.0. The van der Waals surface area contributed by atoms with Crippen LogP contribution in [0, 0.1) is 0 Å². The summed E-state index contributed by atoms with van der Waals surface area (Å²) in [7, 11) is 0. The summed E-state index contributed by atoms with van der Waals surface area (Å²) in [6.45, 7) is 2.60. The lowest BCUT2D eigenvalue weighted by molar-refractivity contribution is 0.0126. The summed E-state index contributed by atoms with van der Waals surface area (Å²) in [5, 5.41) is 2.58. The molecule has 3 aromatic carbocycles. The molecule has 1 N–H and O–H groups in total. The number of carbonyl (C=O) groups excluding carboxylic acids is 1. The standard InChI is InChI=1S/C24H20ClN3O2S/c25-18-8-5-16(6-9-18)23-19-3-1-2-4-21(19)31-22-10-7-17(15-20(22)26-23)24(29)27-28-11-13-30-14-12-28/h1-10,15H,11-14H2,(H,27,29). The number of nitrogens with zero attached hydrogens (tertiary/aromatic N) is 2. The van der Waals surface area contributed by atoms with Gasteiger partial charge >= 0.3 is 0 Å². The Bertz CT molecular complexity index is 1160. The van der Waals surface area contributed by atoms with E-state index in [0.717, 1.165) is 32.3 Å². The zero-order valence-corrected chi connectivity index (χ0v) is 18.2. The largest absolute Gasteiger partial charge is 0.379 e. The minimum atomic E-state index is -0.139. The summed E-state index contributed by atoms with van der Waals surface area (Å²) in [6, 6.07) is 21.6. The monoisotopic (exact) mass is 449 g/mol. The molecule has 0 unspecified atom stereocenters. The summed E-state index contributed by atoms with van der Waals surface area (Å²) in [5.74, 6) is -0.139. The second-order valence-corrected chi connectivity index (χ2v) is 8.81. The van der Waals surface area contributed by atoms with E-state index in [0.29, 0.717) is 36.9 Å². The molecule has 5 nitrogen and oxygen atoms in total. The predicted octanol–water partition coefficient (Wildman–Crippen LogP) is 4.95. The van der Waals surface area contributed by atoms with Crippen LogP contribution in [0.5, 0.6) is 0 Å². The van der Waals surface area contributed by atoms with Crippen molar-refractivity contribution < 1.29 is 9.53 Å². The van der Waals surface area contributed by atoms with Gasteiger partial charge in [0.2, 0.25) is 0 Å². The number of hydrogen-bond acceptors (Lipinski definition) is 5. The summed E-state index contributed by atoms with van der Waals surface area (Å²) in [4.78, 5) is 20.0. The second-order valence-electron chi connectivity index (χ2n) is 7.29. The third-order valence-corrected chi connectivity index (χ3v) is 6.60. The maximum absolute atomic E-state index is 12.8. The third-order valence-electron chi connectivity index (χ3n) is 5.20. The average Bonchev–Trinajstić information content (AvgIpc) is 2.96. The lowest BCUT2D eigenvalue weighted by Gasteiger charge is -2.27. The van der Waals surface area contributed by atoms with Crippen LogP contribution in [-0.4, -0.2) is 42.9 Å². The number of halogens is 1. The van der Waals surface area contributed by atoms with E-state index in [1.54, 1.807) is 11.8 Å². The highest BCUT2D eigenvalue weighted by molar-refractivity contribution is 7.99. The molecule has 0 radical (unpaired) electrons. The van der Waals surface area contributed by atoms with Crippen molar-refractivity contribution in [3.05, 3.63) is 88.4 Å². The van der Waals surface area contributed by atoms with Gasteiger partial charge in [0.05, 0.1) is 24.6 Å². The van der Waals surface area contributed by atoms with Gasteiger partial charge in [0.1, 0.15) is 0 Å². The van der Waals surface area contributed by atoms with Crippen LogP contribution in [0.15, 0.2) is 81.5 Å². The summed E-state index contributed by atoms with van der Waals surface area (Å²) >= 11 is 7.76. The Kier molecular flexibility index (Phi) is 5.78. The van der Waals surface area contributed by atoms with Gasteiger partial charge in [0.25, 0.3) is 5.91 Å². The van der Waals surface area contributed by atoms with E-state index in [2.05, 4.69) is 17.6 Å². The molecule has 0 aromatic heterocycles. The van der Waals surface area contributed by atoms with Crippen LogP contribution in [-0.2, 0) is 4.74 Å². The fraction of sp³-hybridized carbons (Fsp3) is 0.167. The lowest BCUT2D eigenvalue weighted by atomic mass is 10.0. The molecule has 1 amide bonds. The van der Waals surface area contributed by atoms with Gasteiger partial charge in [-0.3, -0.25) is 10.2 Å². The number of rotatable bonds is 3. The van der Waals surface area contributed by atoms with Gasteiger partial charge in [-0.1, -0.05) is 53.7 Å². The first-order valence-corrected chi connectivity index (χ1v) is 11.3. The number of fused-ring (bicyclic) bond motifs is 2. The number of benzene rings is 3. The summed E-state index contributed by atoms with van der Waals surface area (Å²) in [5.41, 5.74) is 7.23. The van der Waals surface area contributed by atoms with Crippen molar-refractivity contribution in [2.24, 2.45) is 4.99 Å². The van der Waals surface area contributed by atoms with E-state index in [4.69, 9.17) is 21.3 Å². The van der Waals surface area contributed by atoms with Crippen molar-refractivity contribution in [2.75, 3.05) is 26.3 Å². The number of hydrazine groups is 1. The van der Waals surface area contributed by atoms with Crippen LogP contribution in [0.25, 0.3) is 0 Å². The van der Waals surface area contributed by atoms with Gasteiger partial charge in [-0.2, -0.15) is 0 Å². The Hall–Kier alpha value is -2.64. The van der Waals surface area contributed by atoms with Gasteiger partial charge in [-0.05, 0) is 36.4 Å². The predicted molar refractivity (Wildman–Crippen MR) is 124 cm³/mol. The van der Waals surface area contributed by atoms with Gasteiger partial charge in [0.15, 0.2) is 0 Å². The molecule has 0 atom stereocenters. The van der Waals surface area contributed by atoms with Crippen LogP contribution < -0.4 is 5.43 Å². The zero-order chi connectivity index (χ0) is 21.2. The maximum Gasteiger partial charge on any atom is 0.265 e. The zero-order valence-electron chi connectivity index (χ0n) is 16.7. The molecule has 2 aliphatic heterocycles. The number of nitrogens with one attached hydrogen (secondary N) is 1. The molecule has 0 saturated carbocycles. The SMILES string of the molecule is O=C(NN1CCOCC1)c1ccc2c(c1)N=C(c1ccc(Cl)cc1)c1ccccc1S2. The van der Waals surface area contributed by atoms with Crippen molar-refractivity contribution in [2.45, 2.75) is 9.79 Å². The Morgan fingerprint density at radius 1 is 1.00 bits per heavy atom. The number of hydrogen-bond donors (Lipinski definition) is 1. The van der Waals surface area contributed by atoms with Gasteiger partial charge in [-0.15, -0.1) is 0 Å². The molecule has 0 aliphatic carbocycles. The minimum absolute atomic E-state index is 0.139. The van der Waals surface area contributed by atoms with E-state index < -0.39 is 0 Å². The van der Waals surface area contributed by atoms with Gasteiger partial charge < -0.3 is 4.74 Å². The highest BCUT2D eigenvalue weighted by atomic mass is 35.5. The second kappa shape index (κ2) is 8.85. The molecule has 1 saturated heterocycles. The summed E-state index contributed by atoms with van der Waals surface area (Å²) < 4.78 is 5.35. The van der Waals surface area contributed by atoms with Crippen molar-refractivity contribution in [1.82, 2.24) is 10.4 Å². The minimum Gasteiger partial charge on any atom is -0.379 e. The van der Waals surface area contributed by atoms with Gasteiger partial charge in [0, 0.05) is 44.6 Å². The first kappa shape index (κ1) is 20.3. The summed E-state index contributed by atoms with van der Waals surface area (Å²) in [6.07, 6.45) is 0. The highest BCUT2D eigenvalue weighted by Gasteiger charge is 2.21. The number of aliphatic imine (C=N–C) groups is 1. The Morgan fingerprint density at radius 3 is 2.58 bits per heavy atom. The molecular formula is C24H20ClN3O2S. The Labute approximate surface area is 190 Å². The van der Waals surface area contributed by atoms with Crippen LogP contribution in [0.4, 0.5) is 5.69 Å². The first-order chi connectivity index (χ1) is 15.2. The van der Waals surface area contributed by atoms with E-state index in [1.165, 1.54) is 0 Å². The molecule has 2 aliphatic rings. The quantitative estimate of drug-likeness (QED) is 0.480. The van der Waals surface area contributed by atoms with E-state index in [1.807, 2.05) is 59.6 Å². The number of ether oxygens (including phenoxy) is 1. The Balaban J connectivity index is 1.54. The van der Waals surface area contributed by atoms with Gasteiger partial charge in [-0.25, -0.2) is 10.0 Å². The van der Waals surface area contributed by atoms with Crippen molar-refractivity contribution in [1.29, 1.82) is 0 Å². The van der Waals surface area contributed by atoms with Crippen LogP contribution in [0.2, 0.25) is 5.02 Å². The van der Waals surface area contributed by atoms with E-state index >= 15 is 0 Å². The molecule has 5 rings (SSSR count). The number of amides is 1. The lowest BCUT2D eigenvalue weighted by Crippen LogP contribution is -2.48. The van der Waals surface area contributed by atoms with E-state index in [-0.39, 0.29) is 5.91 Å².